The topological polar surface area (TPSA) is 79.1 Å². The quantitative estimate of drug-likeness (QED) is 0.690. The number of hydrogen-bond acceptors (Lipinski definition) is 6. The lowest BCUT2D eigenvalue weighted by molar-refractivity contribution is 0.168. The van der Waals surface area contributed by atoms with Crippen molar-refractivity contribution in [1.29, 1.82) is 0 Å². The molecule has 0 unspecified atom stereocenters. The van der Waals surface area contributed by atoms with Gasteiger partial charge in [-0.05, 0) is 30.5 Å². The van der Waals surface area contributed by atoms with Gasteiger partial charge < -0.3 is 15.3 Å². The SMILES string of the molecule is OCCN1CCC(Nc2nc3cncnc3n2Cc2ccc(F)cc2)CC1. The number of likely N-dealkylation sites (tertiary alicyclic amines) is 1. The highest BCUT2D eigenvalue weighted by molar-refractivity contribution is 5.73. The van der Waals surface area contributed by atoms with Crippen LogP contribution < -0.4 is 5.32 Å². The minimum atomic E-state index is -0.246. The fraction of sp³-hybridized carbons (Fsp3) is 0.421. The summed E-state index contributed by atoms with van der Waals surface area (Å²) < 4.78 is 15.2. The van der Waals surface area contributed by atoms with Crippen LogP contribution in [-0.4, -0.2) is 61.8 Å². The molecule has 1 fully saturated rings. The zero-order chi connectivity index (χ0) is 18.6. The Morgan fingerprint density at radius 2 is 1.96 bits per heavy atom. The van der Waals surface area contributed by atoms with E-state index < -0.39 is 0 Å². The highest BCUT2D eigenvalue weighted by Gasteiger charge is 2.21. The molecule has 0 saturated carbocycles. The number of aliphatic hydroxyl groups is 1. The molecule has 0 atom stereocenters. The molecule has 0 amide bonds. The molecule has 0 radical (unpaired) electrons. The largest absolute Gasteiger partial charge is 0.395 e. The molecule has 0 aliphatic carbocycles. The number of aliphatic hydroxyl groups excluding tert-OH is 1. The smallest absolute Gasteiger partial charge is 0.205 e. The third-order valence-electron chi connectivity index (χ3n) is 5.00. The van der Waals surface area contributed by atoms with E-state index in [0.29, 0.717) is 12.6 Å². The van der Waals surface area contributed by atoms with E-state index in [4.69, 9.17) is 5.11 Å². The van der Waals surface area contributed by atoms with E-state index in [1.807, 2.05) is 4.57 Å². The van der Waals surface area contributed by atoms with Gasteiger partial charge in [-0.2, -0.15) is 0 Å². The number of β-amino-alcohol motifs (C(OH)–C–C–N with tert-alkyl or cyclic N) is 1. The lowest BCUT2D eigenvalue weighted by Gasteiger charge is -2.32. The van der Waals surface area contributed by atoms with Gasteiger partial charge in [0.2, 0.25) is 5.95 Å². The average molecular weight is 370 g/mol. The summed E-state index contributed by atoms with van der Waals surface area (Å²) in [5.41, 5.74) is 2.48. The molecule has 3 heterocycles. The van der Waals surface area contributed by atoms with E-state index in [1.165, 1.54) is 18.5 Å². The Morgan fingerprint density at radius 3 is 2.70 bits per heavy atom. The van der Waals surface area contributed by atoms with Crippen LogP contribution in [0.1, 0.15) is 18.4 Å². The van der Waals surface area contributed by atoms with Crippen molar-refractivity contribution in [3.05, 3.63) is 48.2 Å². The average Bonchev–Trinajstić information content (AvgIpc) is 3.02. The second-order valence-electron chi connectivity index (χ2n) is 6.86. The first kappa shape index (κ1) is 17.8. The lowest BCUT2D eigenvalue weighted by Crippen LogP contribution is -2.40. The summed E-state index contributed by atoms with van der Waals surface area (Å²) in [4.78, 5) is 15.4. The van der Waals surface area contributed by atoms with Crippen LogP contribution in [0.25, 0.3) is 11.2 Å². The van der Waals surface area contributed by atoms with Gasteiger partial charge in [0, 0.05) is 25.7 Å². The summed E-state index contributed by atoms with van der Waals surface area (Å²) >= 11 is 0. The Bertz CT molecular complexity index is 889. The van der Waals surface area contributed by atoms with Gasteiger partial charge in [0.05, 0.1) is 19.3 Å². The van der Waals surface area contributed by atoms with Gasteiger partial charge in [0.15, 0.2) is 5.65 Å². The Morgan fingerprint density at radius 1 is 1.19 bits per heavy atom. The van der Waals surface area contributed by atoms with E-state index in [1.54, 1.807) is 18.3 Å². The Balaban J connectivity index is 1.56. The molecule has 1 saturated heterocycles. The zero-order valence-electron chi connectivity index (χ0n) is 15.1. The predicted octanol–water partition coefficient (Wildman–Crippen LogP) is 1.88. The minimum absolute atomic E-state index is 0.199. The highest BCUT2D eigenvalue weighted by atomic mass is 19.1. The Kier molecular flexibility index (Phi) is 5.26. The molecule has 1 aliphatic rings. The number of piperidine rings is 1. The molecule has 1 aromatic carbocycles. The number of fused-ring (bicyclic) bond motifs is 1. The van der Waals surface area contributed by atoms with Crippen LogP contribution in [0.3, 0.4) is 0 Å². The monoisotopic (exact) mass is 370 g/mol. The predicted molar refractivity (Wildman–Crippen MR) is 101 cm³/mol. The van der Waals surface area contributed by atoms with Gasteiger partial charge in [-0.1, -0.05) is 12.1 Å². The molecule has 27 heavy (non-hydrogen) atoms. The number of aromatic nitrogens is 4. The first-order chi connectivity index (χ1) is 13.2. The molecule has 1 aliphatic heterocycles. The Hall–Kier alpha value is -2.58. The molecular weight excluding hydrogens is 347 g/mol. The van der Waals surface area contributed by atoms with Crippen molar-refractivity contribution in [2.75, 3.05) is 31.6 Å². The third-order valence-corrected chi connectivity index (χ3v) is 5.00. The maximum Gasteiger partial charge on any atom is 0.205 e. The number of hydrogen-bond donors (Lipinski definition) is 2. The number of imidazole rings is 1. The molecule has 8 heteroatoms. The second kappa shape index (κ2) is 7.98. The van der Waals surface area contributed by atoms with Gasteiger partial charge in [-0.15, -0.1) is 0 Å². The number of halogens is 1. The van der Waals surface area contributed by atoms with E-state index in [0.717, 1.165) is 55.2 Å². The summed E-state index contributed by atoms with van der Waals surface area (Å²) in [6, 6.07) is 6.80. The van der Waals surface area contributed by atoms with Crippen LogP contribution in [0.5, 0.6) is 0 Å². The van der Waals surface area contributed by atoms with E-state index in [-0.39, 0.29) is 12.4 Å². The first-order valence-electron chi connectivity index (χ1n) is 9.23. The summed E-state index contributed by atoms with van der Waals surface area (Å²) in [7, 11) is 0. The van der Waals surface area contributed by atoms with E-state index in [2.05, 4.69) is 25.2 Å². The van der Waals surface area contributed by atoms with E-state index in [9.17, 15) is 4.39 Å². The van der Waals surface area contributed by atoms with Crippen molar-refractivity contribution >= 4 is 17.1 Å². The van der Waals surface area contributed by atoms with Crippen LogP contribution in [0, 0.1) is 5.82 Å². The number of nitrogens with zero attached hydrogens (tertiary/aromatic N) is 5. The fourth-order valence-corrected chi connectivity index (χ4v) is 3.53. The van der Waals surface area contributed by atoms with Gasteiger partial charge >= 0.3 is 0 Å². The van der Waals surface area contributed by atoms with Crippen molar-refractivity contribution < 1.29 is 9.50 Å². The molecule has 3 aromatic rings. The molecule has 0 spiro atoms. The number of benzene rings is 1. The normalized spacial score (nSPS) is 16.1. The van der Waals surface area contributed by atoms with Crippen molar-refractivity contribution in [3.8, 4) is 0 Å². The van der Waals surface area contributed by atoms with Gasteiger partial charge in [0.1, 0.15) is 17.7 Å². The van der Waals surface area contributed by atoms with Crippen molar-refractivity contribution in [2.24, 2.45) is 0 Å². The van der Waals surface area contributed by atoms with Gasteiger partial charge in [-0.3, -0.25) is 4.57 Å². The van der Waals surface area contributed by atoms with Gasteiger partial charge in [0.25, 0.3) is 0 Å². The molecule has 7 nitrogen and oxygen atoms in total. The molecule has 142 valence electrons. The van der Waals surface area contributed by atoms with Gasteiger partial charge in [-0.25, -0.2) is 19.3 Å². The maximum atomic E-state index is 13.2. The summed E-state index contributed by atoms with van der Waals surface area (Å²) in [6.07, 6.45) is 5.21. The Labute approximate surface area is 156 Å². The molecule has 2 aromatic heterocycles. The molecule has 4 rings (SSSR count). The van der Waals surface area contributed by atoms with Crippen molar-refractivity contribution in [1.82, 2.24) is 24.4 Å². The molecular formula is C19H23FN6O. The zero-order valence-corrected chi connectivity index (χ0v) is 15.1. The van der Waals surface area contributed by atoms with E-state index >= 15 is 0 Å². The van der Waals surface area contributed by atoms with Crippen LogP contribution in [-0.2, 0) is 6.54 Å². The van der Waals surface area contributed by atoms with Crippen LogP contribution in [0.15, 0.2) is 36.8 Å². The summed E-state index contributed by atoms with van der Waals surface area (Å²) in [5.74, 6) is 0.514. The van der Waals surface area contributed by atoms with Crippen molar-refractivity contribution in [3.63, 3.8) is 0 Å². The van der Waals surface area contributed by atoms with Crippen LogP contribution in [0.4, 0.5) is 10.3 Å². The molecule has 0 bridgehead atoms. The minimum Gasteiger partial charge on any atom is -0.395 e. The second-order valence-corrected chi connectivity index (χ2v) is 6.86. The van der Waals surface area contributed by atoms with Crippen molar-refractivity contribution in [2.45, 2.75) is 25.4 Å². The number of rotatable bonds is 6. The maximum absolute atomic E-state index is 13.2. The molecule has 2 N–H and O–H groups in total. The number of nitrogens with one attached hydrogen (secondary N) is 1. The lowest BCUT2D eigenvalue weighted by atomic mass is 10.1. The summed E-state index contributed by atoms with van der Waals surface area (Å²) in [5, 5.41) is 12.6. The fourth-order valence-electron chi connectivity index (χ4n) is 3.53. The third kappa shape index (κ3) is 4.06. The van der Waals surface area contributed by atoms with Crippen LogP contribution >= 0.6 is 0 Å². The standard InChI is InChI=1S/C19H23FN6O/c20-15-3-1-14(2-4-15)12-26-18-17(11-21-13-22-18)24-19(26)23-16-5-7-25(8-6-16)9-10-27/h1-4,11,13,16,27H,5-10,12H2,(H,23,24). The summed E-state index contributed by atoms with van der Waals surface area (Å²) in [6.45, 7) is 3.39. The highest BCUT2D eigenvalue weighted by Crippen LogP contribution is 2.22. The number of anilines is 1. The van der Waals surface area contributed by atoms with Crippen LogP contribution in [0.2, 0.25) is 0 Å². The first-order valence-corrected chi connectivity index (χ1v) is 9.23.